The van der Waals surface area contributed by atoms with E-state index in [-0.39, 0.29) is 6.04 Å². The minimum Gasteiger partial charge on any atom is -0.459 e. The lowest BCUT2D eigenvalue weighted by molar-refractivity contribution is 0.526. The maximum Gasteiger partial charge on any atom is 0.212 e. The molecule has 0 fully saturated rings. The quantitative estimate of drug-likeness (QED) is 0.692. The average Bonchev–Trinajstić information content (AvgIpc) is 2.84. The van der Waals surface area contributed by atoms with E-state index in [1.54, 1.807) is 6.07 Å². The summed E-state index contributed by atoms with van der Waals surface area (Å²) in [5, 5.41) is 4.27. The molecular formula is C15H12BrFN2O. The van der Waals surface area contributed by atoms with Crippen LogP contribution in [0.5, 0.6) is 0 Å². The number of pyridine rings is 1. The first-order chi connectivity index (χ1) is 9.61. The van der Waals surface area contributed by atoms with Gasteiger partial charge in [0.15, 0.2) is 0 Å². The van der Waals surface area contributed by atoms with Crippen molar-refractivity contribution >= 4 is 32.6 Å². The number of aromatic nitrogens is 1. The fraction of sp³-hybridized carbons (Fsp3) is 0.133. The second-order valence-corrected chi connectivity index (χ2v) is 5.48. The molecule has 0 aliphatic carbocycles. The van der Waals surface area contributed by atoms with Crippen LogP contribution in [0.2, 0.25) is 0 Å². The zero-order valence-corrected chi connectivity index (χ0v) is 12.3. The lowest BCUT2D eigenvalue weighted by Crippen LogP contribution is -2.05. The maximum absolute atomic E-state index is 12.8. The second kappa shape index (κ2) is 5.25. The third-order valence-electron chi connectivity index (χ3n) is 3.03. The molecule has 0 radical (unpaired) electrons. The lowest BCUT2D eigenvalue weighted by atomic mass is 10.2. The molecule has 0 saturated heterocycles. The van der Waals surface area contributed by atoms with Gasteiger partial charge >= 0.3 is 0 Å². The van der Waals surface area contributed by atoms with Gasteiger partial charge in [-0.1, -0.05) is 15.9 Å². The van der Waals surface area contributed by atoms with Crippen LogP contribution in [0.1, 0.15) is 18.7 Å². The number of hydrogen-bond donors (Lipinski definition) is 1. The fourth-order valence-electron chi connectivity index (χ4n) is 2.03. The Kier molecular flexibility index (Phi) is 3.44. The molecule has 0 aliphatic heterocycles. The number of rotatable bonds is 3. The van der Waals surface area contributed by atoms with E-state index in [1.807, 2.05) is 31.2 Å². The molecule has 0 aliphatic rings. The van der Waals surface area contributed by atoms with E-state index in [0.717, 1.165) is 26.9 Å². The van der Waals surface area contributed by atoms with Gasteiger partial charge in [0, 0.05) is 9.86 Å². The molecular weight excluding hydrogens is 323 g/mol. The molecule has 1 N–H and O–H groups in total. The van der Waals surface area contributed by atoms with Crippen LogP contribution in [-0.4, -0.2) is 4.98 Å². The number of nitrogens with zero attached hydrogens (tertiary/aromatic N) is 1. The molecule has 102 valence electrons. The number of furan rings is 1. The van der Waals surface area contributed by atoms with E-state index < -0.39 is 5.95 Å². The van der Waals surface area contributed by atoms with Crippen LogP contribution in [0.15, 0.2) is 51.5 Å². The summed E-state index contributed by atoms with van der Waals surface area (Å²) in [6.07, 6.45) is 1.46. The molecule has 0 spiro atoms. The number of anilines is 1. The van der Waals surface area contributed by atoms with Crippen LogP contribution in [0.3, 0.4) is 0 Å². The lowest BCUT2D eigenvalue weighted by Gasteiger charge is -2.12. The molecule has 0 saturated carbocycles. The molecule has 5 heteroatoms. The van der Waals surface area contributed by atoms with Crippen molar-refractivity contribution < 1.29 is 8.81 Å². The predicted molar refractivity (Wildman–Crippen MR) is 80.1 cm³/mol. The Labute approximate surface area is 123 Å². The Morgan fingerprint density at radius 2 is 2.10 bits per heavy atom. The molecule has 3 aromatic rings. The monoisotopic (exact) mass is 334 g/mol. The maximum atomic E-state index is 12.8. The van der Waals surface area contributed by atoms with E-state index in [4.69, 9.17) is 4.42 Å². The summed E-state index contributed by atoms with van der Waals surface area (Å²) >= 11 is 3.44. The summed E-state index contributed by atoms with van der Waals surface area (Å²) in [6, 6.07) is 10.8. The topological polar surface area (TPSA) is 38.1 Å². The molecule has 2 aromatic heterocycles. The predicted octanol–water partition coefficient (Wildman–Crippen LogP) is 4.90. The largest absolute Gasteiger partial charge is 0.459 e. The molecule has 3 nitrogen and oxygen atoms in total. The third kappa shape index (κ3) is 2.67. The first-order valence-electron chi connectivity index (χ1n) is 6.19. The highest BCUT2D eigenvalue weighted by atomic mass is 79.9. The van der Waals surface area contributed by atoms with Gasteiger partial charge < -0.3 is 9.73 Å². The van der Waals surface area contributed by atoms with Gasteiger partial charge in [0.05, 0.1) is 17.9 Å². The van der Waals surface area contributed by atoms with Gasteiger partial charge in [0.25, 0.3) is 0 Å². The van der Waals surface area contributed by atoms with Gasteiger partial charge in [-0.15, -0.1) is 0 Å². The third-order valence-corrected chi connectivity index (χ3v) is 3.53. The molecule has 0 amide bonds. The summed E-state index contributed by atoms with van der Waals surface area (Å²) < 4.78 is 19.6. The Balaban J connectivity index is 1.84. The Bertz CT molecular complexity index is 739. The van der Waals surface area contributed by atoms with Crippen molar-refractivity contribution in [1.82, 2.24) is 4.98 Å². The van der Waals surface area contributed by atoms with Gasteiger partial charge in [-0.05, 0) is 43.3 Å². The number of hydrogen-bond acceptors (Lipinski definition) is 3. The molecule has 2 heterocycles. The molecule has 20 heavy (non-hydrogen) atoms. The number of benzene rings is 1. The number of halogens is 2. The van der Waals surface area contributed by atoms with Gasteiger partial charge in [0.2, 0.25) is 5.95 Å². The Hall–Kier alpha value is -1.88. The first-order valence-corrected chi connectivity index (χ1v) is 6.98. The van der Waals surface area contributed by atoms with Crippen LogP contribution < -0.4 is 5.32 Å². The smallest absolute Gasteiger partial charge is 0.212 e. The zero-order chi connectivity index (χ0) is 14.1. The molecule has 1 unspecified atom stereocenters. The minimum absolute atomic E-state index is 0.0339. The summed E-state index contributed by atoms with van der Waals surface area (Å²) in [5.41, 5.74) is 1.59. The van der Waals surface area contributed by atoms with Crippen LogP contribution in [0.4, 0.5) is 10.1 Å². The number of fused-ring (bicyclic) bond motifs is 1. The highest BCUT2D eigenvalue weighted by molar-refractivity contribution is 9.10. The fourth-order valence-corrected chi connectivity index (χ4v) is 2.41. The SMILES string of the molecule is CC(Nc1ccc(F)nc1)c1cc2cc(Br)ccc2o1. The number of nitrogens with one attached hydrogen (secondary N) is 1. The van der Waals surface area contributed by atoms with E-state index in [1.165, 1.54) is 12.3 Å². The van der Waals surface area contributed by atoms with Gasteiger partial charge in [-0.25, -0.2) is 4.98 Å². The minimum atomic E-state index is -0.489. The van der Waals surface area contributed by atoms with Crippen molar-refractivity contribution in [3.05, 3.63) is 58.8 Å². The van der Waals surface area contributed by atoms with Gasteiger partial charge in [-0.3, -0.25) is 0 Å². The highest BCUT2D eigenvalue weighted by Gasteiger charge is 2.12. The highest BCUT2D eigenvalue weighted by Crippen LogP contribution is 2.28. The zero-order valence-electron chi connectivity index (χ0n) is 10.7. The van der Waals surface area contributed by atoms with Crippen molar-refractivity contribution in [3.63, 3.8) is 0 Å². The summed E-state index contributed by atoms with van der Waals surface area (Å²) in [4.78, 5) is 3.61. The van der Waals surface area contributed by atoms with Crippen LogP contribution >= 0.6 is 15.9 Å². The Morgan fingerprint density at radius 1 is 1.25 bits per heavy atom. The molecule has 0 bridgehead atoms. The molecule has 3 rings (SSSR count). The summed E-state index contributed by atoms with van der Waals surface area (Å²) in [5.74, 6) is 0.333. The van der Waals surface area contributed by atoms with Crippen LogP contribution in [0, 0.1) is 5.95 Å². The van der Waals surface area contributed by atoms with E-state index in [0.29, 0.717) is 0 Å². The van der Waals surface area contributed by atoms with Crippen molar-refractivity contribution in [1.29, 1.82) is 0 Å². The van der Waals surface area contributed by atoms with E-state index >= 15 is 0 Å². The first kappa shape index (κ1) is 13.1. The Morgan fingerprint density at radius 3 is 2.85 bits per heavy atom. The standard InChI is InChI=1S/C15H12BrFN2O/c1-9(19-12-3-5-15(17)18-8-12)14-7-10-6-11(16)2-4-13(10)20-14/h2-9,19H,1H3. The normalized spacial score (nSPS) is 12.6. The van der Waals surface area contributed by atoms with Crippen LogP contribution in [-0.2, 0) is 0 Å². The summed E-state index contributed by atoms with van der Waals surface area (Å²) in [7, 11) is 0. The second-order valence-electron chi connectivity index (χ2n) is 4.57. The molecule has 1 atom stereocenters. The van der Waals surface area contributed by atoms with Crippen molar-refractivity contribution in [2.24, 2.45) is 0 Å². The van der Waals surface area contributed by atoms with E-state index in [9.17, 15) is 4.39 Å². The summed E-state index contributed by atoms with van der Waals surface area (Å²) in [6.45, 7) is 1.98. The van der Waals surface area contributed by atoms with Crippen molar-refractivity contribution in [3.8, 4) is 0 Å². The van der Waals surface area contributed by atoms with Crippen molar-refractivity contribution in [2.75, 3.05) is 5.32 Å². The van der Waals surface area contributed by atoms with Gasteiger partial charge in [0.1, 0.15) is 11.3 Å². The van der Waals surface area contributed by atoms with E-state index in [2.05, 4.69) is 26.2 Å². The van der Waals surface area contributed by atoms with Gasteiger partial charge in [-0.2, -0.15) is 4.39 Å². The average molecular weight is 335 g/mol. The van der Waals surface area contributed by atoms with Crippen molar-refractivity contribution in [2.45, 2.75) is 13.0 Å². The van der Waals surface area contributed by atoms with Crippen LogP contribution in [0.25, 0.3) is 11.0 Å². The molecule has 1 aromatic carbocycles.